The minimum absolute atomic E-state index is 0.0181. The van der Waals surface area contributed by atoms with Gasteiger partial charge < -0.3 is 15.7 Å². The Labute approximate surface area is 86.3 Å². The van der Waals surface area contributed by atoms with Gasteiger partial charge in [-0.2, -0.15) is 0 Å². The van der Waals surface area contributed by atoms with Crippen LogP contribution in [0.2, 0.25) is 0 Å². The second-order valence-electron chi connectivity index (χ2n) is 4.94. The number of likely N-dealkylation sites (tertiary alicyclic amines) is 1. The normalized spacial score (nSPS) is 34.7. The van der Waals surface area contributed by atoms with Crippen LogP contribution in [0.15, 0.2) is 0 Å². The summed E-state index contributed by atoms with van der Waals surface area (Å²) in [5, 5.41) is 8.83. The fourth-order valence-electron chi connectivity index (χ4n) is 2.95. The highest BCUT2D eigenvalue weighted by atomic mass is 16.3. The number of nitrogens with two attached hydrogens (primary N) is 1. The molecule has 2 aliphatic rings. The zero-order chi connectivity index (χ0) is 9.97. The Morgan fingerprint density at radius 3 is 2.50 bits per heavy atom. The molecule has 0 aromatic carbocycles. The minimum Gasteiger partial charge on any atom is -0.395 e. The molecule has 3 heteroatoms. The summed E-state index contributed by atoms with van der Waals surface area (Å²) in [5.74, 6) is 1.95. The number of hydrogen-bond acceptors (Lipinski definition) is 3. The molecule has 3 nitrogen and oxygen atoms in total. The van der Waals surface area contributed by atoms with E-state index in [1.165, 1.54) is 32.4 Å². The molecule has 2 fully saturated rings. The van der Waals surface area contributed by atoms with Gasteiger partial charge in [-0.15, -0.1) is 0 Å². The second-order valence-corrected chi connectivity index (χ2v) is 4.94. The highest BCUT2D eigenvalue weighted by Crippen LogP contribution is 2.37. The lowest BCUT2D eigenvalue weighted by molar-refractivity contribution is 0.235. The van der Waals surface area contributed by atoms with Crippen molar-refractivity contribution >= 4 is 0 Å². The zero-order valence-electron chi connectivity index (χ0n) is 8.86. The van der Waals surface area contributed by atoms with E-state index in [9.17, 15) is 0 Å². The van der Waals surface area contributed by atoms with Crippen LogP contribution < -0.4 is 5.73 Å². The average Bonchev–Trinajstić information content (AvgIpc) is 2.73. The van der Waals surface area contributed by atoms with E-state index < -0.39 is 0 Å². The third-order valence-corrected chi connectivity index (χ3v) is 3.85. The Morgan fingerprint density at radius 1 is 1.29 bits per heavy atom. The summed E-state index contributed by atoms with van der Waals surface area (Å²) in [5.41, 5.74) is 5.69. The van der Waals surface area contributed by atoms with Gasteiger partial charge in [0.15, 0.2) is 0 Å². The summed E-state index contributed by atoms with van der Waals surface area (Å²) in [6.07, 6.45) is 5.26. The van der Waals surface area contributed by atoms with Gasteiger partial charge >= 0.3 is 0 Å². The van der Waals surface area contributed by atoms with Gasteiger partial charge in [0, 0.05) is 19.1 Å². The highest BCUT2D eigenvalue weighted by molar-refractivity contribution is 4.88. The molecule has 0 radical (unpaired) electrons. The molecule has 0 amide bonds. The standard InChI is InChI=1S/C11H22N2O/c12-11(8-14)4-5-13-6-9-2-1-3-10(9)7-13/h9-11,14H,1-8,12H2. The summed E-state index contributed by atoms with van der Waals surface area (Å²) in [7, 11) is 0. The summed E-state index contributed by atoms with van der Waals surface area (Å²) >= 11 is 0. The van der Waals surface area contributed by atoms with Crippen molar-refractivity contribution in [3.63, 3.8) is 0 Å². The third-order valence-electron chi connectivity index (χ3n) is 3.85. The Morgan fingerprint density at radius 2 is 1.93 bits per heavy atom. The molecule has 3 unspecified atom stereocenters. The molecule has 0 spiro atoms. The highest BCUT2D eigenvalue weighted by Gasteiger charge is 2.35. The number of rotatable bonds is 4. The van der Waals surface area contributed by atoms with E-state index in [0.717, 1.165) is 24.8 Å². The van der Waals surface area contributed by atoms with Crippen LogP contribution in [-0.4, -0.2) is 42.3 Å². The maximum atomic E-state index is 8.83. The van der Waals surface area contributed by atoms with Crippen LogP contribution in [0.5, 0.6) is 0 Å². The van der Waals surface area contributed by atoms with Crippen LogP contribution in [0.3, 0.4) is 0 Å². The zero-order valence-corrected chi connectivity index (χ0v) is 8.86. The van der Waals surface area contributed by atoms with E-state index in [2.05, 4.69) is 4.90 Å². The van der Waals surface area contributed by atoms with Crippen molar-refractivity contribution in [3.05, 3.63) is 0 Å². The molecule has 3 N–H and O–H groups in total. The largest absolute Gasteiger partial charge is 0.395 e. The average molecular weight is 198 g/mol. The smallest absolute Gasteiger partial charge is 0.0583 e. The van der Waals surface area contributed by atoms with E-state index in [1.54, 1.807) is 0 Å². The predicted octanol–water partition coefficient (Wildman–Crippen LogP) is 0.428. The maximum Gasteiger partial charge on any atom is 0.0583 e. The van der Waals surface area contributed by atoms with Crippen LogP contribution in [-0.2, 0) is 0 Å². The van der Waals surface area contributed by atoms with Crippen LogP contribution in [0, 0.1) is 11.8 Å². The second kappa shape index (κ2) is 4.60. The van der Waals surface area contributed by atoms with Crippen molar-refractivity contribution in [1.82, 2.24) is 4.90 Å². The van der Waals surface area contributed by atoms with Crippen molar-refractivity contribution < 1.29 is 5.11 Å². The summed E-state index contributed by atoms with van der Waals surface area (Å²) in [6, 6.07) is -0.0181. The SMILES string of the molecule is NC(CO)CCN1CC2CCCC2C1. The topological polar surface area (TPSA) is 49.5 Å². The summed E-state index contributed by atoms with van der Waals surface area (Å²) in [4.78, 5) is 2.53. The molecule has 0 aromatic heterocycles. The van der Waals surface area contributed by atoms with Crippen LogP contribution in [0.25, 0.3) is 0 Å². The monoisotopic (exact) mass is 198 g/mol. The minimum atomic E-state index is -0.0181. The van der Waals surface area contributed by atoms with E-state index in [4.69, 9.17) is 10.8 Å². The van der Waals surface area contributed by atoms with Crippen LogP contribution in [0.4, 0.5) is 0 Å². The number of hydrogen-bond donors (Lipinski definition) is 2. The van der Waals surface area contributed by atoms with Gasteiger partial charge in [0.1, 0.15) is 0 Å². The Kier molecular flexibility index (Phi) is 3.42. The fraction of sp³-hybridized carbons (Fsp3) is 1.00. The molecule has 1 aliphatic carbocycles. The quantitative estimate of drug-likeness (QED) is 0.688. The van der Waals surface area contributed by atoms with Crippen LogP contribution in [0.1, 0.15) is 25.7 Å². The fourth-order valence-corrected chi connectivity index (χ4v) is 2.95. The number of nitrogens with zero attached hydrogens (tertiary/aromatic N) is 1. The molecule has 82 valence electrons. The molecular weight excluding hydrogens is 176 g/mol. The summed E-state index contributed by atoms with van der Waals surface area (Å²) < 4.78 is 0. The first-order valence-electron chi connectivity index (χ1n) is 5.88. The molecule has 2 rings (SSSR count). The molecule has 0 aromatic rings. The van der Waals surface area contributed by atoms with Crippen molar-refractivity contribution in [2.45, 2.75) is 31.7 Å². The maximum absolute atomic E-state index is 8.83. The van der Waals surface area contributed by atoms with Crippen molar-refractivity contribution in [2.24, 2.45) is 17.6 Å². The molecule has 1 heterocycles. The van der Waals surface area contributed by atoms with Crippen molar-refractivity contribution in [1.29, 1.82) is 0 Å². The first-order valence-corrected chi connectivity index (χ1v) is 5.88. The van der Waals surface area contributed by atoms with E-state index in [-0.39, 0.29) is 12.6 Å². The molecule has 1 saturated heterocycles. The third kappa shape index (κ3) is 2.27. The van der Waals surface area contributed by atoms with Gasteiger partial charge in [-0.3, -0.25) is 0 Å². The molecule has 1 saturated carbocycles. The molecule has 3 atom stereocenters. The number of aliphatic hydroxyl groups excluding tert-OH is 1. The Hall–Kier alpha value is -0.120. The van der Waals surface area contributed by atoms with Gasteiger partial charge in [-0.1, -0.05) is 6.42 Å². The summed E-state index contributed by atoms with van der Waals surface area (Å²) in [6.45, 7) is 3.76. The lowest BCUT2D eigenvalue weighted by atomic mass is 10.0. The Bertz CT molecular complexity index is 174. The first kappa shape index (κ1) is 10.4. The van der Waals surface area contributed by atoms with Gasteiger partial charge in [0.2, 0.25) is 0 Å². The van der Waals surface area contributed by atoms with Gasteiger partial charge in [0.05, 0.1) is 6.61 Å². The van der Waals surface area contributed by atoms with Gasteiger partial charge in [-0.25, -0.2) is 0 Å². The van der Waals surface area contributed by atoms with Gasteiger partial charge in [0.25, 0.3) is 0 Å². The van der Waals surface area contributed by atoms with E-state index in [0.29, 0.717) is 0 Å². The van der Waals surface area contributed by atoms with E-state index >= 15 is 0 Å². The van der Waals surface area contributed by atoms with E-state index in [1.807, 2.05) is 0 Å². The van der Waals surface area contributed by atoms with Crippen LogP contribution >= 0.6 is 0 Å². The lowest BCUT2D eigenvalue weighted by Crippen LogP contribution is -2.31. The lowest BCUT2D eigenvalue weighted by Gasteiger charge is -2.18. The van der Waals surface area contributed by atoms with Crippen molar-refractivity contribution in [2.75, 3.05) is 26.2 Å². The molecule has 14 heavy (non-hydrogen) atoms. The van der Waals surface area contributed by atoms with Crippen molar-refractivity contribution in [3.8, 4) is 0 Å². The Balaban J connectivity index is 1.69. The molecule has 0 bridgehead atoms. The predicted molar refractivity (Wildman–Crippen MR) is 56.9 cm³/mol. The molecular formula is C11H22N2O. The van der Waals surface area contributed by atoms with Gasteiger partial charge in [-0.05, 0) is 37.6 Å². The first-order chi connectivity index (χ1) is 6.79. The number of fused-ring (bicyclic) bond motifs is 1. The molecule has 1 aliphatic heterocycles. The number of aliphatic hydroxyl groups is 1.